The standard InChI is InChI=1S/C21H26N2O4/c1-13-8-9-14(2)20(15(13)3)27-17-11-19(24)23(22-12-17)18(21(25)26)10-16-6-4-5-7-16/h8-9,11-12,16,18H,4-7,10H2,1-3H3,(H,25,26). The smallest absolute Gasteiger partial charge is 0.328 e. The first-order valence-electron chi connectivity index (χ1n) is 9.43. The summed E-state index contributed by atoms with van der Waals surface area (Å²) in [5, 5.41) is 13.7. The van der Waals surface area contributed by atoms with Crippen molar-refractivity contribution in [2.24, 2.45) is 5.92 Å². The lowest BCUT2D eigenvalue weighted by Gasteiger charge is -2.18. The van der Waals surface area contributed by atoms with Gasteiger partial charge in [-0.3, -0.25) is 4.79 Å². The monoisotopic (exact) mass is 370 g/mol. The minimum atomic E-state index is -1.02. The van der Waals surface area contributed by atoms with Gasteiger partial charge in [-0.15, -0.1) is 0 Å². The zero-order chi connectivity index (χ0) is 19.6. The minimum Gasteiger partial charge on any atom is -0.480 e. The number of ether oxygens (including phenoxy) is 1. The van der Waals surface area contributed by atoms with Crippen molar-refractivity contribution in [3.63, 3.8) is 0 Å². The van der Waals surface area contributed by atoms with Gasteiger partial charge in [0.05, 0.1) is 6.20 Å². The van der Waals surface area contributed by atoms with Gasteiger partial charge in [-0.05, 0) is 49.8 Å². The van der Waals surface area contributed by atoms with E-state index in [0.717, 1.165) is 47.1 Å². The van der Waals surface area contributed by atoms with E-state index >= 15 is 0 Å². The van der Waals surface area contributed by atoms with Crippen molar-refractivity contribution in [2.75, 3.05) is 0 Å². The van der Waals surface area contributed by atoms with Gasteiger partial charge < -0.3 is 9.84 Å². The van der Waals surface area contributed by atoms with Gasteiger partial charge in [0.2, 0.25) is 0 Å². The lowest BCUT2D eigenvalue weighted by molar-refractivity contribution is -0.142. The first-order chi connectivity index (χ1) is 12.9. The minimum absolute atomic E-state index is 0.318. The molecule has 1 aromatic carbocycles. The van der Waals surface area contributed by atoms with Crippen LogP contribution in [0.3, 0.4) is 0 Å². The van der Waals surface area contributed by atoms with Gasteiger partial charge in [0.1, 0.15) is 5.75 Å². The molecule has 1 fully saturated rings. The van der Waals surface area contributed by atoms with Crippen molar-refractivity contribution < 1.29 is 14.6 Å². The molecule has 6 nitrogen and oxygen atoms in total. The van der Waals surface area contributed by atoms with Crippen molar-refractivity contribution in [1.82, 2.24) is 9.78 Å². The summed E-state index contributed by atoms with van der Waals surface area (Å²) in [6.07, 6.45) is 6.16. The average molecular weight is 370 g/mol. The SMILES string of the molecule is Cc1ccc(C)c(Oc2cnn(C(CC3CCCC3)C(=O)O)c(=O)c2)c1C. The number of benzene rings is 1. The highest BCUT2D eigenvalue weighted by Crippen LogP contribution is 2.32. The summed E-state index contributed by atoms with van der Waals surface area (Å²) in [5.41, 5.74) is 2.61. The van der Waals surface area contributed by atoms with Gasteiger partial charge in [-0.25, -0.2) is 9.48 Å². The van der Waals surface area contributed by atoms with E-state index in [1.54, 1.807) is 0 Å². The summed E-state index contributed by atoms with van der Waals surface area (Å²) >= 11 is 0. The topological polar surface area (TPSA) is 81.4 Å². The highest BCUT2D eigenvalue weighted by atomic mass is 16.5. The maximum Gasteiger partial charge on any atom is 0.328 e. The molecular formula is C21H26N2O4. The molecule has 1 atom stereocenters. The molecular weight excluding hydrogens is 344 g/mol. The normalized spacial score (nSPS) is 15.7. The molecule has 0 aliphatic heterocycles. The molecule has 1 saturated carbocycles. The van der Waals surface area contributed by atoms with E-state index in [2.05, 4.69) is 5.10 Å². The maximum atomic E-state index is 12.5. The largest absolute Gasteiger partial charge is 0.480 e. The molecule has 144 valence electrons. The lowest BCUT2D eigenvalue weighted by atomic mass is 9.98. The lowest BCUT2D eigenvalue weighted by Crippen LogP contribution is -2.32. The van der Waals surface area contributed by atoms with Crippen LogP contribution >= 0.6 is 0 Å². The van der Waals surface area contributed by atoms with Gasteiger partial charge in [-0.2, -0.15) is 5.10 Å². The number of rotatable bonds is 6. The van der Waals surface area contributed by atoms with E-state index in [4.69, 9.17) is 4.74 Å². The van der Waals surface area contributed by atoms with Crippen LogP contribution in [0.4, 0.5) is 0 Å². The molecule has 1 N–H and O–H groups in total. The summed E-state index contributed by atoms with van der Waals surface area (Å²) in [5.74, 6) is 0.344. The predicted octanol–water partition coefficient (Wildman–Crippen LogP) is 4.17. The Hall–Kier alpha value is -2.63. The van der Waals surface area contributed by atoms with E-state index in [0.29, 0.717) is 23.8 Å². The number of aromatic nitrogens is 2. The van der Waals surface area contributed by atoms with E-state index in [-0.39, 0.29) is 0 Å². The molecule has 1 aliphatic carbocycles. The van der Waals surface area contributed by atoms with Gasteiger partial charge in [0, 0.05) is 6.07 Å². The maximum absolute atomic E-state index is 12.5. The number of carboxylic acid groups (broad SMARTS) is 1. The molecule has 1 unspecified atom stereocenters. The van der Waals surface area contributed by atoms with Crippen LogP contribution in [0.1, 0.15) is 54.8 Å². The molecule has 6 heteroatoms. The van der Waals surface area contributed by atoms with Gasteiger partial charge in [-0.1, -0.05) is 37.8 Å². The van der Waals surface area contributed by atoms with Crippen molar-refractivity contribution >= 4 is 5.97 Å². The van der Waals surface area contributed by atoms with Crippen molar-refractivity contribution in [1.29, 1.82) is 0 Å². The van der Waals surface area contributed by atoms with Gasteiger partial charge >= 0.3 is 5.97 Å². The molecule has 1 aliphatic rings. The number of carboxylic acids is 1. The number of nitrogens with zero attached hydrogens (tertiary/aromatic N) is 2. The Morgan fingerprint density at radius 1 is 1.26 bits per heavy atom. The third kappa shape index (κ3) is 4.21. The number of aryl methyl sites for hydroxylation is 2. The molecule has 1 heterocycles. The predicted molar refractivity (Wildman–Crippen MR) is 102 cm³/mol. The molecule has 0 spiro atoms. The fraction of sp³-hybridized carbons (Fsp3) is 0.476. The van der Waals surface area contributed by atoms with Crippen LogP contribution in [0, 0.1) is 26.7 Å². The molecule has 27 heavy (non-hydrogen) atoms. The molecule has 0 amide bonds. The third-order valence-electron chi connectivity index (χ3n) is 5.51. The fourth-order valence-electron chi connectivity index (χ4n) is 3.76. The van der Waals surface area contributed by atoms with Crippen molar-refractivity contribution in [3.05, 3.63) is 51.4 Å². The Morgan fingerprint density at radius 2 is 1.93 bits per heavy atom. The van der Waals surface area contributed by atoms with Crippen LogP contribution < -0.4 is 10.3 Å². The van der Waals surface area contributed by atoms with Crippen molar-refractivity contribution in [2.45, 2.75) is 58.9 Å². The zero-order valence-electron chi connectivity index (χ0n) is 16.1. The van der Waals surface area contributed by atoms with Crippen LogP contribution in [0.15, 0.2) is 29.2 Å². The van der Waals surface area contributed by atoms with Crippen molar-refractivity contribution in [3.8, 4) is 11.5 Å². The Kier molecular flexibility index (Phi) is 5.63. The molecule has 1 aromatic heterocycles. The quantitative estimate of drug-likeness (QED) is 0.825. The fourth-order valence-corrected chi connectivity index (χ4v) is 3.76. The molecule has 3 rings (SSSR count). The van der Waals surface area contributed by atoms with Crippen LogP contribution in [-0.2, 0) is 4.79 Å². The third-order valence-corrected chi connectivity index (χ3v) is 5.51. The first kappa shape index (κ1) is 19.1. The average Bonchev–Trinajstić information content (AvgIpc) is 3.14. The molecule has 0 saturated heterocycles. The van der Waals surface area contributed by atoms with E-state index in [1.165, 1.54) is 12.3 Å². The van der Waals surface area contributed by atoms with E-state index in [9.17, 15) is 14.7 Å². The summed E-state index contributed by atoms with van der Waals surface area (Å²) < 4.78 is 6.98. The zero-order valence-corrected chi connectivity index (χ0v) is 16.1. The van der Waals surface area contributed by atoms with Crippen LogP contribution in [-0.4, -0.2) is 20.9 Å². The Labute approximate surface area is 158 Å². The Morgan fingerprint density at radius 3 is 2.56 bits per heavy atom. The van der Waals surface area contributed by atoms with Gasteiger partial charge in [0.15, 0.2) is 11.8 Å². The second-order valence-corrected chi connectivity index (χ2v) is 7.47. The van der Waals surface area contributed by atoms with E-state index in [1.807, 2.05) is 32.9 Å². The Bertz CT molecular complexity index is 898. The second kappa shape index (κ2) is 7.94. The molecule has 0 bridgehead atoms. The molecule has 0 radical (unpaired) electrons. The summed E-state index contributed by atoms with van der Waals surface area (Å²) in [6, 6.07) is 4.37. The summed E-state index contributed by atoms with van der Waals surface area (Å²) in [7, 11) is 0. The van der Waals surface area contributed by atoms with Crippen LogP contribution in [0.5, 0.6) is 11.5 Å². The number of hydrogen-bond acceptors (Lipinski definition) is 4. The number of hydrogen-bond donors (Lipinski definition) is 1. The highest BCUT2D eigenvalue weighted by molar-refractivity contribution is 5.71. The first-order valence-corrected chi connectivity index (χ1v) is 9.43. The number of aliphatic carboxylic acids is 1. The molecule has 2 aromatic rings. The number of carbonyl (C=O) groups is 1. The Balaban J connectivity index is 1.85. The van der Waals surface area contributed by atoms with Gasteiger partial charge in [0.25, 0.3) is 5.56 Å². The summed E-state index contributed by atoms with van der Waals surface area (Å²) in [6.45, 7) is 5.91. The second-order valence-electron chi connectivity index (χ2n) is 7.47. The van der Waals surface area contributed by atoms with Crippen LogP contribution in [0.2, 0.25) is 0 Å². The van der Waals surface area contributed by atoms with Crippen LogP contribution in [0.25, 0.3) is 0 Å². The highest BCUT2D eigenvalue weighted by Gasteiger charge is 2.28. The van der Waals surface area contributed by atoms with E-state index < -0.39 is 17.6 Å². The summed E-state index contributed by atoms with van der Waals surface area (Å²) in [4.78, 5) is 24.3.